The predicted octanol–water partition coefficient (Wildman–Crippen LogP) is 4.35. The zero-order valence-electron chi connectivity index (χ0n) is 15.8. The van der Waals surface area contributed by atoms with Crippen LogP contribution >= 0.6 is 0 Å². The van der Waals surface area contributed by atoms with E-state index in [1.54, 1.807) is 6.92 Å². The summed E-state index contributed by atoms with van der Waals surface area (Å²) in [7, 11) is 0. The molecule has 0 atom stereocenters. The first-order valence-electron chi connectivity index (χ1n) is 8.96. The van der Waals surface area contributed by atoms with Crippen LogP contribution in [0.3, 0.4) is 0 Å². The smallest absolute Gasteiger partial charge is 0.416 e. The van der Waals surface area contributed by atoms with E-state index in [9.17, 15) is 13.2 Å². The second-order valence-corrected chi connectivity index (χ2v) is 6.54. The topological polar surface area (TPSA) is 89.7 Å². The molecule has 2 aromatic carbocycles. The Morgan fingerprint density at radius 3 is 2.40 bits per heavy atom. The highest BCUT2D eigenvalue weighted by atomic mass is 19.4. The number of halogens is 3. The van der Waals surface area contributed by atoms with Crippen LogP contribution in [0.25, 0.3) is 11.5 Å². The molecule has 0 unspecified atom stereocenters. The molecule has 0 fully saturated rings. The van der Waals surface area contributed by atoms with Crippen molar-refractivity contribution >= 4 is 0 Å². The quantitative estimate of drug-likeness (QED) is 0.504. The van der Waals surface area contributed by atoms with Crippen LogP contribution in [-0.2, 0) is 19.2 Å². The number of alkyl halides is 3. The number of rotatable bonds is 6. The third-order valence-corrected chi connectivity index (χ3v) is 4.40. The summed E-state index contributed by atoms with van der Waals surface area (Å²) < 4.78 is 49.6. The lowest BCUT2D eigenvalue weighted by Crippen LogP contribution is -2.03. The number of hydrogen-bond donors (Lipinski definition) is 1. The van der Waals surface area contributed by atoms with Crippen LogP contribution in [-0.4, -0.2) is 25.6 Å². The van der Waals surface area contributed by atoms with Crippen molar-refractivity contribution in [1.29, 1.82) is 0 Å². The molecule has 30 heavy (non-hydrogen) atoms. The number of tetrazole rings is 1. The van der Waals surface area contributed by atoms with E-state index in [2.05, 4.69) is 25.6 Å². The van der Waals surface area contributed by atoms with Crippen molar-refractivity contribution in [3.63, 3.8) is 0 Å². The number of hydrogen-bond acceptors (Lipinski definition) is 6. The fourth-order valence-corrected chi connectivity index (χ4v) is 2.78. The Balaban J connectivity index is 1.40. The van der Waals surface area contributed by atoms with Gasteiger partial charge in [0.15, 0.2) is 11.6 Å². The molecule has 0 spiro atoms. The summed E-state index contributed by atoms with van der Waals surface area (Å²) in [5.41, 5.74) is 1.35. The highest BCUT2D eigenvalue weighted by Gasteiger charge is 2.30. The molecule has 10 heteroatoms. The van der Waals surface area contributed by atoms with Gasteiger partial charge in [-0.15, -0.1) is 10.2 Å². The van der Waals surface area contributed by atoms with Crippen molar-refractivity contribution < 1.29 is 22.3 Å². The van der Waals surface area contributed by atoms with Gasteiger partial charge in [0.25, 0.3) is 0 Å². The van der Waals surface area contributed by atoms with Gasteiger partial charge in [0.2, 0.25) is 5.89 Å². The molecule has 1 N–H and O–H groups in total. The van der Waals surface area contributed by atoms with Gasteiger partial charge < -0.3 is 9.15 Å². The highest BCUT2D eigenvalue weighted by molar-refractivity contribution is 5.54. The zero-order valence-corrected chi connectivity index (χ0v) is 15.8. The summed E-state index contributed by atoms with van der Waals surface area (Å²) in [6, 6.07) is 12.1. The molecular formula is C20H16F3N5O2. The Labute approximate surface area is 168 Å². The number of benzene rings is 2. The number of oxazole rings is 1. The van der Waals surface area contributed by atoms with Crippen LogP contribution in [0.4, 0.5) is 13.2 Å². The molecule has 0 aliphatic carbocycles. The second kappa shape index (κ2) is 7.97. The third-order valence-electron chi connectivity index (χ3n) is 4.40. The van der Waals surface area contributed by atoms with Crippen molar-refractivity contribution in [2.24, 2.45) is 0 Å². The van der Waals surface area contributed by atoms with Crippen molar-refractivity contribution in [3.05, 3.63) is 76.9 Å². The largest absolute Gasteiger partial charge is 0.486 e. The summed E-state index contributed by atoms with van der Waals surface area (Å²) in [6.07, 6.45) is -3.83. The molecule has 0 aliphatic heterocycles. The molecule has 0 radical (unpaired) electrons. The van der Waals surface area contributed by atoms with E-state index < -0.39 is 11.7 Å². The molecule has 0 aliphatic rings. The predicted molar refractivity (Wildman–Crippen MR) is 99.4 cm³/mol. The standard InChI is InChI=1S/C20H16F3N5O2/c1-12-17(30-19(24-12)14-4-6-15(7-5-14)20(21,22)23)11-29-16-8-2-13(3-9-16)10-18-25-27-28-26-18/h2-9H,10-11H2,1H3,(H,25,26,27,28). The number of nitrogens with zero attached hydrogens (tertiary/aromatic N) is 4. The Morgan fingerprint density at radius 2 is 1.77 bits per heavy atom. The zero-order chi connectivity index (χ0) is 21.1. The minimum atomic E-state index is -4.38. The van der Waals surface area contributed by atoms with Crippen molar-refractivity contribution in [1.82, 2.24) is 25.6 Å². The first kappa shape index (κ1) is 19.6. The van der Waals surface area contributed by atoms with E-state index in [0.29, 0.717) is 35.0 Å². The van der Waals surface area contributed by atoms with Gasteiger partial charge in [0.1, 0.15) is 12.4 Å². The van der Waals surface area contributed by atoms with Gasteiger partial charge in [-0.3, -0.25) is 0 Å². The molecule has 0 bridgehead atoms. The highest BCUT2D eigenvalue weighted by Crippen LogP contribution is 2.31. The van der Waals surface area contributed by atoms with E-state index in [-0.39, 0.29) is 12.5 Å². The Hall–Kier alpha value is -3.69. The average molecular weight is 415 g/mol. The van der Waals surface area contributed by atoms with Gasteiger partial charge in [-0.05, 0) is 48.9 Å². The summed E-state index contributed by atoms with van der Waals surface area (Å²) in [6.45, 7) is 1.90. The molecule has 4 rings (SSSR count). The van der Waals surface area contributed by atoms with Gasteiger partial charge >= 0.3 is 6.18 Å². The van der Waals surface area contributed by atoms with Gasteiger partial charge in [0, 0.05) is 12.0 Å². The van der Waals surface area contributed by atoms with Crippen molar-refractivity contribution in [2.75, 3.05) is 0 Å². The normalized spacial score (nSPS) is 11.6. The van der Waals surface area contributed by atoms with Crippen LogP contribution in [0.5, 0.6) is 5.75 Å². The van der Waals surface area contributed by atoms with E-state index >= 15 is 0 Å². The number of aromatic nitrogens is 5. The van der Waals surface area contributed by atoms with Crippen LogP contribution < -0.4 is 4.74 Å². The van der Waals surface area contributed by atoms with E-state index in [1.807, 2.05) is 24.3 Å². The Kier molecular flexibility index (Phi) is 5.21. The second-order valence-electron chi connectivity index (χ2n) is 6.54. The molecular weight excluding hydrogens is 399 g/mol. The average Bonchev–Trinajstić information content (AvgIpc) is 3.36. The van der Waals surface area contributed by atoms with Gasteiger partial charge in [-0.25, -0.2) is 4.98 Å². The fraction of sp³-hybridized carbons (Fsp3) is 0.200. The summed E-state index contributed by atoms with van der Waals surface area (Å²) in [5.74, 6) is 1.98. The van der Waals surface area contributed by atoms with Gasteiger partial charge in [0.05, 0.1) is 11.3 Å². The molecule has 2 heterocycles. The Bertz CT molecular complexity index is 1110. The first-order chi connectivity index (χ1) is 14.4. The number of H-pyrrole nitrogens is 1. The summed E-state index contributed by atoms with van der Waals surface area (Å²) in [4.78, 5) is 4.29. The molecule has 2 aromatic heterocycles. The molecule has 4 aromatic rings. The van der Waals surface area contributed by atoms with E-state index in [0.717, 1.165) is 17.7 Å². The monoisotopic (exact) mass is 415 g/mol. The van der Waals surface area contributed by atoms with E-state index in [4.69, 9.17) is 9.15 Å². The maximum atomic E-state index is 12.7. The van der Waals surface area contributed by atoms with Gasteiger partial charge in [-0.2, -0.15) is 18.4 Å². The minimum absolute atomic E-state index is 0.143. The van der Waals surface area contributed by atoms with Crippen LogP contribution in [0.15, 0.2) is 52.9 Å². The SMILES string of the molecule is Cc1nc(-c2ccc(C(F)(F)F)cc2)oc1COc1ccc(Cc2nn[nH]n2)cc1. The molecule has 0 saturated carbocycles. The maximum Gasteiger partial charge on any atom is 0.416 e. The lowest BCUT2D eigenvalue weighted by Gasteiger charge is -2.06. The summed E-state index contributed by atoms with van der Waals surface area (Å²) in [5, 5.41) is 13.7. The number of ether oxygens (including phenoxy) is 1. The lowest BCUT2D eigenvalue weighted by molar-refractivity contribution is -0.137. The number of nitrogens with one attached hydrogen (secondary N) is 1. The Morgan fingerprint density at radius 1 is 1.03 bits per heavy atom. The first-order valence-corrected chi connectivity index (χ1v) is 8.96. The molecule has 7 nitrogen and oxygen atoms in total. The fourth-order valence-electron chi connectivity index (χ4n) is 2.78. The van der Waals surface area contributed by atoms with Crippen LogP contribution in [0, 0.1) is 6.92 Å². The summed E-state index contributed by atoms with van der Waals surface area (Å²) >= 11 is 0. The van der Waals surface area contributed by atoms with Crippen molar-refractivity contribution in [2.45, 2.75) is 26.1 Å². The maximum absolute atomic E-state index is 12.7. The van der Waals surface area contributed by atoms with Crippen LogP contribution in [0.2, 0.25) is 0 Å². The van der Waals surface area contributed by atoms with Crippen LogP contribution in [0.1, 0.15) is 28.4 Å². The molecule has 0 saturated heterocycles. The lowest BCUT2D eigenvalue weighted by atomic mass is 10.1. The van der Waals surface area contributed by atoms with E-state index in [1.165, 1.54) is 12.1 Å². The molecule has 154 valence electrons. The van der Waals surface area contributed by atoms with Gasteiger partial charge in [-0.1, -0.05) is 17.3 Å². The molecule has 0 amide bonds. The van der Waals surface area contributed by atoms with Crippen molar-refractivity contribution in [3.8, 4) is 17.2 Å². The number of aryl methyl sites for hydroxylation is 1. The third kappa shape index (κ3) is 4.48. The number of aromatic amines is 1. The minimum Gasteiger partial charge on any atom is -0.486 e.